The quantitative estimate of drug-likeness (QED) is 0.348. The summed E-state index contributed by atoms with van der Waals surface area (Å²) in [7, 11) is 1.15. The molecule has 0 fully saturated rings. The molecule has 37 heavy (non-hydrogen) atoms. The van der Waals surface area contributed by atoms with E-state index in [-0.39, 0.29) is 40.9 Å². The fourth-order valence-electron chi connectivity index (χ4n) is 3.63. The highest BCUT2D eigenvalue weighted by molar-refractivity contribution is 5.79. The van der Waals surface area contributed by atoms with Gasteiger partial charge in [-0.15, -0.1) is 0 Å². The van der Waals surface area contributed by atoms with Gasteiger partial charge < -0.3 is 19.1 Å². The second kappa shape index (κ2) is 9.30. The summed E-state index contributed by atoms with van der Waals surface area (Å²) in [5, 5.41) is 13.6. The van der Waals surface area contributed by atoms with Crippen LogP contribution in [0.4, 0.5) is 13.2 Å². The number of ether oxygens (including phenoxy) is 2. The van der Waals surface area contributed by atoms with Crippen LogP contribution in [0, 0.1) is 0 Å². The van der Waals surface area contributed by atoms with Crippen LogP contribution in [0.1, 0.15) is 11.4 Å². The van der Waals surface area contributed by atoms with Crippen molar-refractivity contribution >= 4 is 10.9 Å². The van der Waals surface area contributed by atoms with Gasteiger partial charge in [0.25, 0.3) is 11.4 Å². The molecule has 5 rings (SSSR count). The molecule has 0 radical (unpaired) electrons. The van der Waals surface area contributed by atoms with E-state index in [2.05, 4.69) is 15.1 Å². The summed E-state index contributed by atoms with van der Waals surface area (Å²) >= 11 is 0. The smallest absolute Gasteiger partial charge is 0.419 e. The van der Waals surface area contributed by atoms with Crippen molar-refractivity contribution in [1.29, 1.82) is 0 Å². The molecule has 2 aromatic heterocycles. The summed E-state index contributed by atoms with van der Waals surface area (Å²) in [5.41, 5.74) is -0.250. The highest BCUT2D eigenvalue weighted by Crippen LogP contribution is 2.38. The SMILES string of the molecule is COc1ccc(-c2nc(COc3ccc4c(=O)n(-c5ccc(O)cc5)cnc4c3)no2)cc1C(F)(F)F. The van der Waals surface area contributed by atoms with Crippen LogP contribution in [0.5, 0.6) is 17.2 Å². The third-order valence-electron chi connectivity index (χ3n) is 5.45. The maximum atomic E-state index is 13.3. The Morgan fingerprint density at radius 2 is 1.84 bits per heavy atom. The van der Waals surface area contributed by atoms with Gasteiger partial charge in [-0.3, -0.25) is 9.36 Å². The van der Waals surface area contributed by atoms with E-state index < -0.39 is 11.7 Å². The number of hydrogen-bond donors (Lipinski definition) is 1. The van der Waals surface area contributed by atoms with Crippen LogP contribution in [-0.4, -0.2) is 31.9 Å². The van der Waals surface area contributed by atoms with Crippen molar-refractivity contribution in [3.8, 4) is 34.4 Å². The van der Waals surface area contributed by atoms with Gasteiger partial charge in [0.15, 0.2) is 6.61 Å². The second-order valence-electron chi connectivity index (χ2n) is 7.83. The molecule has 3 aromatic carbocycles. The van der Waals surface area contributed by atoms with Crippen molar-refractivity contribution in [3.63, 3.8) is 0 Å². The largest absolute Gasteiger partial charge is 0.508 e. The molecule has 0 aliphatic rings. The van der Waals surface area contributed by atoms with E-state index in [0.29, 0.717) is 22.3 Å². The number of fused-ring (bicyclic) bond motifs is 1. The predicted molar refractivity (Wildman–Crippen MR) is 125 cm³/mol. The first kappa shape index (κ1) is 23.9. The molecular weight excluding hydrogens is 493 g/mol. The normalized spacial score (nSPS) is 11.6. The zero-order valence-corrected chi connectivity index (χ0v) is 19.1. The molecule has 0 aliphatic carbocycles. The standard InChI is InChI=1S/C25H17F3N4O5/c1-35-21-9-2-14(10-19(21)25(26,27)28)23-30-22(31-37-23)12-36-17-7-8-18-20(11-17)29-13-32(24(18)34)15-3-5-16(33)6-4-15/h2-11,13,33H,12H2,1H3. The van der Waals surface area contributed by atoms with Gasteiger partial charge in [0.1, 0.15) is 23.6 Å². The van der Waals surface area contributed by atoms with Gasteiger partial charge in [-0.05, 0) is 54.6 Å². The monoisotopic (exact) mass is 510 g/mol. The van der Waals surface area contributed by atoms with Crippen molar-refractivity contribution in [3.05, 3.63) is 88.7 Å². The summed E-state index contributed by atoms with van der Waals surface area (Å²) in [6, 6.07) is 14.3. The van der Waals surface area contributed by atoms with Gasteiger partial charge >= 0.3 is 6.18 Å². The van der Waals surface area contributed by atoms with E-state index in [4.69, 9.17) is 14.0 Å². The highest BCUT2D eigenvalue weighted by Gasteiger charge is 2.35. The molecule has 188 valence electrons. The number of rotatable bonds is 6. The summed E-state index contributed by atoms with van der Waals surface area (Å²) in [4.78, 5) is 21.3. The summed E-state index contributed by atoms with van der Waals surface area (Å²) in [6.07, 6.45) is -3.25. The van der Waals surface area contributed by atoms with Gasteiger partial charge in [0.05, 0.1) is 29.3 Å². The van der Waals surface area contributed by atoms with Crippen LogP contribution in [0.15, 0.2) is 76.3 Å². The Bertz CT molecular complexity index is 1650. The lowest BCUT2D eigenvalue weighted by atomic mass is 10.1. The van der Waals surface area contributed by atoms with Gasteiger partial charge in [0, 0.05) is 11.6 Å². The van der Waals surface area contributed by atoms with Crippen LogP contribution in [0.2, 0.25) is 0 Å². The van der Waals surface area contributed by atoms with Gasteiger partial charge in [0.2, 0.25) is 5.82 Å². The Labute approximate surface area is 206 Å². The molecule has 9 nitrogen and oxygen atoms in total. The Morgan fingerprint density at radius 3 is 2.57 bits per heavy atom. The minimum atomic E-state index is -4.62. The average Bonchev–Trinajstić information content (AvgIpc) is 3.36. The molecule has 1 N–H and O–H groups in total. The van der Waals surface area contributed by atoms with Crippen molar-refractivity contribution in [2.24, 2.45) is 0 Å². The molecule has 0 bridgehead atoms. The van der Waals surface area contributed by atoms with Crippen LogP contribution >= 0.6 is 0 Å². The van der Waals surface area contributed by atoms with Crippen molar-refractivity contribution < 1.29 is 32.3 Å². The van der Waals surface area contributed by atoms with Gasteiger partial charge in [-0.1, -0.05) is 5.16 Å². The van der Waals surface area contributed by atoms with Crippen molar-refractivity contribution in [2.45, 2.75) is 12.8 Å². The molecule has 5 aromatic rings. The lowest BCUT2D eigenvalue weighted by molar-refractivity contribution is -0.138. The molecule has 12 heteroatoms. The Morgan fingerprint density at radius 1 is 1.05 bits per heavy atom. The van der Waals surface area contributed by atoms with Crippen LogP contribution in [0.3, 0.4) is 0 Å². The fraction of sp³-hybridized carbons (Fsp3) is 0.120. The van der Waals surface area contributed by atoms with Crippen molar-refractivity contribution in [2.75, 3.05) is 7.11 Å². The molecule has 0 unspecified atom stereocenters. The summed E-state index contributed by atoms with van der Waals surface area (Å²) < 4.78 is 56.8. The van der Waals surface area contributed by atoms with Gasteiger partial charge in [-0.2, -0.15) is 18.2 Å². The van der Waals surface area contributed by atoms with Crippen molar-refractivity contribution in [1.82, 2.24) is 19.7 Å². The van der Waals surface area contributed by atoms with Crippen LogP contribution < -0.4 is 15.0 Å². The topological polar surface area (TPSA) is 112 Å². The van der Waals surface area contributed by atoms with E-state index in [1.807, 2.05) is 0 Å². The number of halogens is 3. The third kappa shape index (κ3) is 4.81. The van der Waals surface area contributed by atoms with E-state index >= 15 is 0 Å². The molecule has 0 saturated carbocycles. The molecule has 2 heterocycles. The number of phenolic OH excluding ortho intramolecular Hbond substituents is 1. The number of aromatic nitrogens is 4. The first-order valence-electron chi connectivity index (χ1n) is 10.7. The first-order chi connectivity index (χ1) is 17.7. The van der Waals surface area contributed by atoms with E-state index in [0.717, 1.165) is 13.2 Å². The maximum absolute atomic E-state index is 13.3. The summed E-state index contributed by atoms with van der Waals surface area (Å²) in [6.45, 7) is -0.137. The zero-order chi connectivity index (χ0) is 26.2. The highest BCUT2D eigenvalue weighted by atomic mass is 19.4. The first-order valence-corrected chi connectivity index (χ1v) is 10.7. The van der Waals surface area contributed by atoms with Gasteiger partial charge in [-0.25, -0.2) is 4.98 Å². The number of methoxy groups -OCH3 is 1. The molecule has 0 spiro atoms. The molecular formula is C25H17F3N4O5. The Kier molecular flexibility index (Phi) is 5.99. The average molecular weight is 510 g/mol. The second-order valence-corrected chi connectivity index (χ2v) is 7.83. The summed E-state index contributed by atoms with van der Waals surface area (Å²) in [5.74, 6) is 0.129. The Hall–Kier alpha value is -4.87. The number of benzene rings is 3. The molecule has 0 amide bonds. The lowest BCUT2D eigenvalue weighted by Gasteiger charge is -2.12. The minimum Gasteiger partial charge on any atom is -0.508 e. The molecule has 0 aliphatic heterocycles. The van der Waals surface area contributed by atoms with E-state index in [1.165, 1.54) is 35.2 Å². The molecule has 0 saturated heterocycles. The lowest BCUT2D eigenvalue weighted by Crippen LogP contribution is -2.18. The van der Waals surface area contributed by atoms with E-state index in [9.17, 15) is 23.1 Å². The number of aromatic hydroxyl groups is 1. The van der Waals surface area contributed by atoms with Crippen LogP contribution in [-0.2, 0) is 12.8 Å². The minimum absolute atomic E-state index is 0.0756. The predicted octanol–water partition coefficient (Wildman–Crippen LogP) is 4.75. The maximum Gasteiger partial charge on any atom is 0.419 e. The number of alkyl halides is 3. The third-order valence-corrected chi connectivity index (χ3v) is 5.45. The zero-order valence-electron chi connectivity index (χ0n) is 19.1. The van der Waals surface area contributed by atoms with Crippen LogP contribution in [0.25, 0.3) is 28.0 Å². The number of nitrogens with zero attached hydrogens (tertiary/aromatic N) is 4. The molecule has 0 atom stereocenters. The number of phenols is 1. The fourth-order valence-corrected chi connectivity index (χ4v) is 3.63. The number of hydrogen-bond acceptors (Lipinski definition) is 8. The van der Waals surface area contributed by atoms with E-state index in [1.54, 1.807) is 30.3 Å². The Balaban J connectivity index is 1.33.